The zero-order valence-corrected chi connectivity index (χ0v) is 42.7. The summed E-state index contributed by atoms with van der Waals surface area (Å²) in [4.78, 5) is 0. The van der Waals surface area contributed by atoms with Gasteiger partial charge in [-0.25, -0.2) is 0 Å². The Kier molecular flexibility index (Phi) is 17.5. The Bertz CT molecular complexity index is 2010. The summed E-state index contributed by atoms with van der Waals surface area (Å²) in [6.07, 6.45) is -9.06. The lowest BCUT2D eigenvalue weighted by Gasteiger charge is -2.58. The number of aliphatic hydroxyl groups excluding tert-OH is 10. The van der Waals surface area contributed by atoms with Crippen molar-refractivity contribution in [2.75, 3.05) is 40.6 Å². The minimum absolute atomic E-state index is 0.00443. The lowest BCUT2D eigenvalue weighted by atomic mass is 9.47. The van der Waals surface area contributed by atoms with E-state index in [1.165, 1.54) is 5.57 Å². The first-order chi connectivity index (χ1) is 35.0. The summed E-state index contributed by atoms with van der Waals surface area (Å²) in [5.74, 6) is 2.58. The molecule has 4 heterocycles. The second-order valence-electron chi connectivity index (χ2n) is 22.7. The van der Waals surface area contributed by atoms with Crippen molar-refractivity contribution in [3.05, 3.63) is 35.4 Å². The molecule has 4 aliphatic carbocycles. The average molecular weight is 1040 g/mol. The van der Waals surface area contributed by atoms with E-state index in [2.05, 4.69) is 32.9 Å². The molecule has 23 unspecified atom stereocenters. The molecule has 4 saturated heterocycles. The first-order valence-electron chi connectivity index (χ1n) is 26.6. The fourth-order valence-corrected chi connectivity index (χ4v) is 15.0. The van der Waals surface area contributed by atoms with E-state index in [4.69, 9.17) is 47.4 Å². The molecule has 10 N–H and O–H groups in total. The van der Waals surface area contributed by atoms with E-state index in [1.807, 2.05) is 12.1 Å². The molecule has 4 aliphatic heterocycles. The standard InChI is InChI=1S/C53H82O20/c1-25(66-43-19-36(60)50(41(23-56)70-43)72-45-17-34(58)48(62)39(21-54)68-45)47-31(30-15-27(64-4)7-9-38(30)65-5)16-33-29-8-6-26-14-28(10-12-52(26,2)32(29)11-13-53(33,47)3)67-44-20-37(61)51(42(24-57)71-44)73-46-18-35(59)49(63)40(22-55)69-46/h6-7,9,15,25,28-29,31-37,39-51,54-63H,8,10-14,16-24H2,1-5H3/t25?,28?,29?,31?,32?,33?,34?,35?,36?,37?,39-,40?,41?,42?,43?,44?,45+,46?,47?,48?,49?,50?,51?,52?,53?/m1/s1. The normalized spacial score (nSPS) is 47.4. The van der Waals surface area contributed by atoms with E-state index < -0.39 is 125 Å². The van der Waals surface area contributed by atoms with E-state index >= 15 is 0 Å². The van der Waals surface area contributed by atoms with Crippen LogP contribution in [0.5, 0.6) is 11.5 Å². The highest BCUT2D eigenvalue weighted by Crippen LogP contribution is 2.70. The SMILES string of the molecule is COc1ccc(OC)c(C2CC3C4CC=C5CC(OC6CC(O)C(OC7CC(O)C(O)C(CO)O7)C(CO)O6)CCC5(C)C4CCC3(C)C2C(C)OC2CC(O)C(O[C@H]3CC(O)C(O)[C@@H](CO)O3)C(CO)O2)c1. The van der Waals surface area contributed by atoms with Crippen LogP contribution < -0.4 is 9.47 Å². The van der Waals surface area contributed by atoms with Gasteiger partial charge in [0.15, 0.2) is 25.2 Å². The van der Waals surface area contributed by atoms with Gasteiger partial charge < -0.3 is 98.4 Å². The van der Waals surface area contributed by atoms with Gasteiger partial charge in [-0.05, 0) is 110 Å². The summed E-state index contributed by atoms with van der Waals surface area (Å²) in [6.45, 7) is 4.90. The predicted molar refractivity (Wildman–Crippen MR) is 256 cm³/mol. The molecule has 1 aromatic rings. The zero-order chi connectivity index (χ0) is 52.1. The molecule has 0 amide bonds. The largest absolute Gasteiger partial charge is 0.497 e. The van der Waals surface area contributed by atoms with E-state index in [0.29, 0.717) is 24.2 Å². The lowest BCUT2D eigenvalue weighted by Crippen LogP contribution is -2.57. The summed E-state index contributed by atoms with van der Waals surface area (Å²) in [5.41, 5.74) is 2.17. The van der Waals surface area contributed by atoms with Gasteiger partial charge >= 0.3 is 0 Å². The molecule has 0 spiro atoms. The zero-order valence-electron chi connectivity index (χ0n) is 42.7. The molecule has 73 heavy (non-hydrogen) atoms. The van der Waals surface area contributed by atoms with Crippen LogP contribution >= 0.6 is 0 Å². The second-order valence-corrected chi connectivity index (χ2v) is 22.7. The molecular formula is C53H82O20. The van der Waals surface area contributed by atoms with Crippen molar-refractivity contribution in [2.24, 2.45) is 34.5 Å². The van der Waals surface area contributed by atoms with Gasteiger partial charge in [0, 0.05) is 31.2 Å². The Morgan fingerprint density at radius 2 is 1.18 bits per heavy atom. The molecular weight excluding hydrogens is 957 g/mol. The van der Waals surface area contributed by atoms with Crippen molar-refractivity contribution in [2.45, 2.75) is 208 Å². The highest BCUT2D eigenvalue weighted by molar-refractivity contribution is 5.44. The number of hydrogen-bond acceptors (Lipinski definition) is 20. The number of aliphatic hydroxyl groups is 10. The molecule has 20 heteroatoms. The predicted octanol–water partition coefficient (Wildman–Crippen LogP) is 1.13. The summed E-state index contributed by atoms with van der Waals surface area (Å²) >= 11 is 0. The van der Waals surface area contributed by atoms with Gasteiger partial charge in [-0.1, -0.05) is 25.5 Å². The van der Waals surface area contributed by atoms with Crippen molar-refractivity contribution < 1.29 is 98.4 Å². The van der Waals surface area contributed by atoms with E-state index in [9.17, 15) is 51.1 Å². The van der Waals surface area contributed by atoms with Gasteiger partial charge in [-0.2, -0.15) is 0 Å². The lowest BCUT2D eigenvalue weighted by molar-refractivity contribution is -0.326. The van der Waals surface area contributed by atoms with Gasteiger partial charge in [-0.15, -0.1) is 0 Å². The third-order valence-corrected chi connectivity index (χ3v) is 18.7. The Morgan fingerprint density at radius 1 is 0.630 bits per heavy atom. The third-order valence-electron chi connectivity index (χ3n) is 18.7. The third kappa shape index (κ3) is 10.9. The first kappa shape index (κ1) is 55.6. The Balaban J connectivity index is 0.887. The van der Waals surface area contributed by atoms with Crippen LogP contribution in [0.1, 0.15) is 103 Å². The molecule has 25 atom stereocenters. The van der Waals surface area contributed by atoms with Crippen LogP contribution in [0.3, 0.4) is 0 Å². The molecule has 1 aromatic carbocycles. The molecule has 8 aliphatic rings. The number of rotatable bonds is 16. The number of hydrogen-bond donors (Lipinski definition) is 10. The summed E-state index contributed by atoms with van der Waals surface area (Å²) in [6, 6.07) is 5.95. The van der Waals surface area contributed by atoms with E-state index in [-0.39, 0.29) is 60.6 Å². The fraction of sp³-hybridized carbons (Fsp3) is 0.849. The van der Waals surface area contributed by atoms with E-state index in [1.54, 1.807) is 14.2 Å². The van der Waals surface area contributed by atoms with Crippen molar-refractivity contribution in [1.29, 1.82) is 0 Å². The van der Waals surface area contributed by atoms with Crippen molar-refractivity contribution in [3.8, 4) is 11.5 Å². The van der Waals surface area contributed by atoms with Crippen molar-refractivity contribution >= 4 is 0 Å². The van der Waals surface area contributed by atoms with Gasteiger partial charge in [0.1, 0.15) is 60.3 Å². The van der Waals surface area contributed by atoms with Crippen LogP contribution in [-0.4, -0.2) is 202 Å². The minimum atomic E-state index is -1.29. The highest BCUT2D eigenvalue weighted by Gasteiger charge is 2.63. The summed E-state index contributed by atoms with van der Waals surface area (Å²) < 4.78 is 61.3. The van der Waals surface area contributed by atoms with E-state index in [0.717, 1.165) is 55.6 Å². The minimum Gasteiger partial charge on any atom is -0.497 e. The Morgan fingerprint density at radius 3 is 1.75 bits per heavy atom. The maximum Gasteiger partial charge on any atom is 0.161 e. The van der Waals surface area contributed by atoms with Crippen LogP contribution in [0.25, 0.3) is 0 Å². The molecule has 414 valence electrons. The topological polar surface area (TPSA) is 295 Å². The number of fused-ring (bicyclic) bond motifs is 5. The highest BCUT2D eigenvalue weighted by atomic mass is 16.7. The van der Waals surface area contributed by atoms with Crippen LogP contribution in [0, 0.1) is 34.5 Å². The molecule has 20 nitrogen and oxygen atoms in total. The maximum absolute atomic E-state index is 11.5. The number of methoxy groups -OCH3 is 2. The summed E-state index contributed by atoms with van der Waals surface area (Å²) in [7, 11) is 3.34. The molecule has 3 saturated carbocycles. The van der Waals surface area contributed by atoms with Crippen LogP contribution in [-0.2, 0) is 37.9 Å². The Hall–Kier alpha value is -2.16. The molecule has 9 rings (SSSR count). The number of ether oxygens (including phenoxy) is 10. The van der Waals surface area contributed by atoms with Crippen molar-refractivity contribution in [1.82, 2.24) is 0 Å². The monoisotopic (exact) mass is 1040 g/mol. The number of allylic oxidation sites excluding steroid dienone is 1. The van der Waals surface area contributed by atoms with Gasteiger partial charge in [0.2, 0.25) is 0 Å². The van der Waals surface area contributed by atoms with Gasteiger partial charge in [0.05, 0.1) is 77.3 Å². The maximum atomic E-state index is 11.5. The van der Waals surface area contributed by atoms with Gasteiger partial charge in [-0.3, -0.25) is 0 Å². The summed E-state index contributed by atoms with van der Waals surface area (Å²) in [5, 5.41) is 104. The average Bonchev–Trinajstić information content (AvgIpc) is 3.70. The quantitative estimate of drug-likeness (QED) is 0.104. The molecule has 0 radical (unpaired) electrons. The van der Waals surface area contributed by atoms with Crippen LogP contribution in [0.15, 0.2) is 29.8 Å². The van der Waals surface area contributed by atoms with Crippen LogP contribution in [0.4, 0.5) is 0 Å². The van der Waals surface area contributed by atoms with Crippen molar-refractivity contribution in [3.63, 3.8) is 0 Å². The molecule has 0 bridgehead atoms. The Labute approximate surface area is 427 Å². The second kappa shape index (κ2) is 23.0. The first-order valence-corrected chi connectivity index (χ1v) is 26.6. The van der Waals surface area contributed by atoms with Crippen LogP contribution in [0.2, 0.25) is 0 Å². The number of benzene rings is 1. The van der Waals surface area contributed by atoms with Gasteiger partial charge in [0.25, 0.3) is 0 Å². The smallest absolute Gasteiger partial charge is 0.161 e. The molecule has 7 fully saturated rings. The molecule has 0 aromatic heterocycles. The fourth-order valence-electron chi connectivity index (χ4n) is 15.0.